The number of hydrogen-bond donors (Lipinski definition) is 0. The molecule has 5 nitrogen and oxygen atoms in total. The zero-order valence-corrected chi connectivity index (χ0v) is 13.5. The molecular formula is C18H14ClNO4. The topological polar surface area (TPSA) is 63.7 Å². The second-order valence-corrected chi connectivity index (χ2v) is 5.74. The highest BCUT2D eigenvalue weighted by Crippen LogP contribution is 2.22. The molecular weight excluding hydrogens is 330 g/mol. The Morgan fingerprint density at radius 1 is 0.958 bits per heavy atom. The highest BCUT2D eigenvalue weighted by atomic mass is 35.5. The van der Waals surface area contributed by atoms with E-state index in [-0.39, 0.29) is 25.0 Å². The number of fused-ring (bicyclic) bond motifs is 1. The van der Waals surface area contributed by atoms with Gasteiger partial charge in [-0.05, 0) is 42.8 Å². The van der Waals surface area contributed by atoms with Crippen LogP contribution in [0.4, 0.5) is 0 Å². The molecule has 3 rings (SSSR count). The molecule has 1 aliphatic rings. The first-order valence-electron chi connectivity index (χ1n) is 7.46. The number of ether oxygens (including phenoxy) is 1. The maximum atomic E-state index is 12.2. The van der Waals surface area contributed by atoms with Gasteiger partial charge in [0.05, 0.1) is 23.3 Å². The van der Waals surface area contributed by atoms with Gasteiger partial charge in [-0.25, -0.2) is 4.79 Å². The Hall–Kier alpha value is -2.66. The van der Waals surface area contributed by atoms with E-state index in [1.165, 1.54) is 4.90 Å². The lowest BCUT2D eigenvalue weighted by Crippen LogP contribution is -2.31. The Morgan fingerprint density at radius 2 is 1.54 bits per heavy atom. The van der Waals surface area contributed by atoms with Gasteiger partial charge in [0.15, 0.2) is 0 Å². The van der Waals surface area contributed by atoms with E-state index in [2.05, 4.69) is 0 Å². The van der Waals surface area contributed by atoms with E-state index >= 15 is 0 Å². The first-order chi connectivity index (χ1) is 11.6. The number of imide groups is 1. The van der Waals surface area contributed by atoms with Crippen molar-refractivity contribution >= 4 is 29.4 Å². The van der Waals surface area contributed by atoms with Crippen LogP contribution in [0.2, 0.25) is 5.02 Å². The number of halogens is 1. The quantitative estimate of drug-likeness (QED) is 0.475. The molecule has 24 heavy (non-hydrogen) atoms. The van der Waals surface area contributed by atoms with Crippen molar-refractivity contribution in [1.29, 1.82) is 0 Å². The number of hydrogen-bond acceptors (Lipinski definition) is 4. The molecule has 6 heteroatoms. The van der Waals surface area contributed by atoms with Crippen LogP contribution in [0.1, 0.15) is 37.5 Å². The number of rotatable bonds is 5. The molecule has 0 radical (unpaired) electrons. The van der Waals surface area contributed by atoms with Gasteiger partial charge in [0, 0.05) is 11.6 Å². The first-order valence-corrected chi connectivity index (χ1v) is 7.83. The van der Waals surface area contributed by atoms with Crippen molar-refractivity contribution in [2.45, 2.75) is 6.42 Å². The summed E-state index contributed by atoms with van der Waals surface area (Å²) in [6.45, 7) is 0.328. The van der Waals surface area contributed by atoms with Crippen LogP contribution in [0.3, 0.4) is 0 Å². The number of amides is 2. The summed E-state index contributed by atoms with van der Waals surface area (Å²) in [5.74, 6) is -1.08. The van der Waals surface area contributed by atoms with Gasteiger partial charge in [0.2, 0.25) is 0 Å². The highest BCUT2D eigenvalue weighted by molar-refractivity contribution is 6.30. The third kappa shape index (κ3) is 3.16. The second kappa shape index (κ2) is 6.84. The molecule has 0 bridgehead atoms. The molecule has 0 atom stereocenters. The molecule has 0 aromatic heterocycles. The Kier molecular flexibility index (Phi) is 4.62. The highest BCUT2D eigenvalue weighted by Gasteiger charge is 2.34. The second-order valence-electron chi connectivity index (χ2n) is 5.30. The molecule has 1 aliphatic heterocycles. The van der Waals surface area contributed by atoms with Gasteiger partial charge >= 0.3 is 5.97 Å². The standard InChI is InChI=1S/C18H14ClNO4/c19-13-8-6-12(7-9-13)18(23)24-11-3-10-20-16(21)14-4-1-2-5-15(14)17(20)22/h1-2,4-9H,3,10-11H2. The van der Waals surface area contributed by atoms with Crippen LogP contribution in [-0.2, 0) is 4.74 Å². The van der Waals surface area contributed by atoms with Gasteiger partial charge in [-0.15, -0.1) is 0 Å². The molecule has 0 N–H and O–H groups in total. The average molecular weight is 344 g/mol. The van der Waals surface area contributed by atoms with E-state index in [9.17, 15) is 14.4 Å². The summed E-state index contributed by atoms with van der Waals surface area (Å²) < 4.78 is 5.14. The number of benzene rings is 2. The molecule has 0 spiro atoms. The lowest BCUT2D eigenvalue weighted by Gasteiger charge is -2.13. The van der Waals surface area contributed by atoms with Gasteiger partial charge in [0.25, 0.3) is 11.8 Å². The summed E-state index contributed by atoms with van der Waals surface area (Å²) in [7, 11) is 0. The number of carbonyl (C=O) groups excluding carboxylic acids is 3. The maximum absolute atomic E-state index is 12.2. The zero-order valence-electron chi connectivity index (χ0n) is 12.7. The van der Waals surface area contributed by atoms with Crippen LogP contribution in [0, 0.1) is 0 Å². The van der Waals surface area contributed by atoms with Crippen LogP contribution in [0.25, 0.3) is 0 Å². The normalized spacial score (nSPS) is 13.1. The van der Waals surface area contributed by atoms with E-state index in [0.717, 1.165) is 0 Å². The van der Waals surface area contributed by atoms with Crippen molar-refractivity contribution in [3.63, 3.8) is 0 Å². The fourth-order valence-electron chi connectivity index (χ4n) is 2.50. The van der Waals surface area contributed by atoms with Gasteiger partial charge in [-0.3, -0.25) is 14.5 Å². The Labute approximate surface area is 143 Å². The predicted molar refractivity (Wildman–Crippen MR) is 88.2 cm³/mol. The van der Waals surface area contributed by atoms with Gasteiger partial charge in [0.1, 0.15) is 0 Å². The molecule has 0 saturated heterocycles. The van der Waals surface area contributed by atoms with Crippen molar-refractivity contribution < 1.29 is 19.1 Å². The molecule has 2 aromatic carbocycles. The van der Waals surface area contributed by atoms with Crippen molar-refractivity contribution in [1.82, 2.24) is 4.90 Å². The lowest BCUT2D eigenvalue weighted by molar-refractivity contribution is 0.0482. The Morgan fingerprint density at radius 3 is 2.12 bits per heavy atom. The van der Waals surface area contributed by atoms with Crippen LogP contribution in [-0.4, -0.2) is 35.8 Å². The fourth-order valence-corrected chi connectivity index (χ4v) is 2.63. The SMILES string of the molecule is O=C(OCCCN1C(=O)c2ccccc2C1=O)c1ccc(Cl)cc1. The van der Waals surface area contributed by atoms with E-state index in [1.807, 2.05) is 0 Å². The van der Waals surface area contributed by atoms with Gasteiger partial charge in [-0.2, -0.15) is 0 Å². The smallest absolute Gasteiger partial charge is 0.338 e. The minimum Gasteiger partial charge on any atom is -0.462 e. The van der Waals surface area contributed by atoms with E-state index in [1.54, 1.807) is 48.5 Å². The largest absolute Gasteiger partial charge is 0.462 e. The van der Waals surface area contributed by atoms with Gasteiger partial charge in [-0.1, -0.05) is 23.7 Å². The summed E-state index contributed by atoms with van der Waals surface area (Å²) in [5.41, 5.74) is 1.24. The molecule has 0 unspecified atom stereocenters. The predicted octanol–water partition coefficient (Wildman–Crippen LogP) is 3.18. The summed E-state index contributed by atoms with van der Waals surface area (Å²) in [5, 5.41) is 0.539. The molecule has 2 amide bonds. The Balaban J connectivity index is 1.51. The van der Waals surface area contributed by atoms with Gasteiger partial charge < -0.3 is 4.74 Å². The van der Waals surface area contributed by atoms with Crippen molar-refractivity contribution in [3.05, 3.63) is 70.2 Å². The van der Waals surface area contributed by atoms with Crippen LogP contribution >= 0.6 is 11.6 Å². The first kappa shape index (κ1) is 16.2. The van der Waals surface area contributed by atoms with E-state index in [4.69, 9.17) is 16.3 Å². The minimum absolute atomic E-state index is 0.120. The Bertz CT molecular complexity index is 766. The monoisotopic (exact) mass is 343 g/mol. The molecule has 0 fully saturated rings. The lowest BCUT2D eigenvalue weighted by atomic mass is 10.1. The molecule has 0 saturated carbocycles. The minimum atomic E-state index is -0.464. The number of carbonyl (C=O) groups is 3. The summed E-state index contributed by atoms with van der Waals surface area (Å²) in [6.07, 6.45) is 0.380. The number of esters is 1. The van der Waals surface area contributed by atoms with Crippen molar-refractivity contribution in [2.24, 2.45) is 0 Å². The zero-order chi connectivity index (χ0) is 17.1. The average Bonchev–Trinajstić information content (AvgIpc) is 2.84. The van der Waals surface area contributed by atoms with Crippen molar-refractivity contribution in [3.8, 4) is 0 Å². The molecule has 2 aromatic rings. The summed E-state index contributed by atoms with van der Waals surface area (Å²) in [6, 6.07) is 13.1. The van der Waals surface area contributed by atoms with Crippen molar-refractivity contribution in [2.75, 3.05) is 13.2 Å². The summed E-state index contributed by atoms with van der Waals surface area (Å²) in [4.78, 5) is 37.4. The maximum Gasteiger partial charge on any atom is 0.338 e. The third-order valence-electron chi connectivity index (χ3n) is 3.72. The molecule has 122 valence electrons. The van der Waals surface area contributed by atoms with Crippen LogP contribution < -0.4 is 0 Å². The molecule has 0 aliphatic carbocycles. The molecule has 1 heterocycles. The van der Waals surface area contributed by atoms with Crippen LogP contribution in [0.15, 0.2) is 48.5 Å². The van der Waals surface area contributed by atoms with Crippen LogP contribution in [0.5, 0.6) is 0 Å². The van der Waals surface area contributed by atoms with E-state index < -0.39 is 5.97 Å². The number of nitrogens with zero attached hydrogens (tertiary/aromatic N) is 1. The van der Waals surface area contributed by atoms with E-state index in [0.29, 0.717) is 28.1 Å². The summed E-state index contributed by atoms with van der Waals surface area (Å²) >= 11 is 5.76. The third-order valence-corrected chi connectivity index (χ3v) is 3.97. The fraction of sp³-hybridized carbons (Fsp3) is 0.167.